The van der Waals surface area contributed by atoms with E-state index in [0.717, 1.165) is 12.6 Å². The van der Waals surface area contributed by atoms with Crippen LogP contribution in [0.1, 0.15) is 64.7 Å². The smallest absolute Gasteiger partial charge is 0.0283 e. The molecule has 0 aromatic rings. The van der Waals surface area contributed by atoms with Crippen LogP contribution in [-0.2, 0) is 0 Å². The Morgan fingerprint density at radius 3 is 2.62 bits per heavy atom. The van der Waals surface area contributed by atoms with Crippen LogP contribution in [0, 0.1) is 0 Å². The summed E-state index contributed by atoms with van der Waals surface area (Å²) in [5, 5.41) is 0. The van der Waals surface area contributed by atoms with Gasteiger partial charge in [0.05, 0.1) is 0 Å². The highest BCUT2D eigenvalue weighted by atomic mass is 15.2. The van der Waals surface area contributed by atoms with E-state index in [1.54, 1.807) is 0 Å². The topological polar surface area (TPSA) is 29.3 Å². The molecule has 2 aliphatic rings. The molecule has 0 radical (unpaired) electrons. The minimum Gasteiger partial charge on any atom is -0.324 e. The standard InChI is InChI=1S/C14H28N2/c1-2-7-13-8-3-6-11-16(13)12-14(15)9-4-5-10-14/h13H,2-12,15H2,1H3. The molecule has 1 saturated carbocycles. The summed E-state index contributed by atoms with van der Waals surface area (Å²) in [7, 11) is 0. The Kier molecular flexibility index (Phi) is 4.26. The molecule has 1 aliphatic carbocycles. The molecule has 2 fully saturated rings. The fourth-order valence-electron chi connectivity index (χ4n) is 3.57. The summed E-state index contributed by atoms with van der Waals surface area (Å²) in [6.45, 7) is 4.77. The second kappa shape index (κ2) is 5.50. The van der Waals surface area contributed by atoms with Gasteiger partial charge in [-0.2, -0.15) is 0 Å². The summed E-state index contributed by atoms with van der Waals surface area (Å²) in [6, 6.07) is 0.833. The molecule has 1 atom stereocenters. The van der Waals surface area contributed by atoms with Gasteiger partial charge in [-0.25, -0.2) is 0 Å². The zero-order valence-electron chi connectivity index (χ0n) is 10.9. The lowest BCUT2D eigenvalue weighted by atomic mass is 9.92. The molecule has 16 heavy (non-hydrogen) atoms. The maximum atomic E-state index is 6.51. The van der Waals surface area contributed by atoms with Crippen molar-refractivity contribution in [2.24, 2.45) is 5.73 Å². The Morgan fingerprint density at radius 1 is 1.19 bits per heavy atom. The summed E-state index contributed by atoms with van der Waals surface area (Å²) in [6.07, 6.45) is 12.1. The lowest BCUT2D eigenvalue weighted by Gasteiger charge is -2.40. The van der Waals surface area contributed by atoms with E-state index in [1.807, 2.05) is 0 Å². The van der Waals surface area contributed by atoms with Crippen LogP contribution in [0.15, 0.2) is 0 Å². The quantitative estimate of drug-likeness (QED) is 0.795. The molecule has 94 valence electrons. The number of hydrogen-bond donors (Lipinski definition) is 1. The van der Waals surface area contributed by atoms with Crippen LogP contribution in [0.25, 0.3) is 0 Å². The van der Waals surface area contributed by atoms with Crippen LogP contribution < -0.4 is 5.73 Å². The Morgan fingerprint density at radius 2 is 1.94 bits per heavy atom. The second-order valence-corrected chi connectivity index (χ2v) is 5.98. The van der Waals surface area contributed by atoms with Gasteiger partial charge in [0.1, 0.15) is 0 Å². The molecule has 0 amide bonds. The van der Waals surface area contributed by atoms with Crippen molar-refractivity contribution in [3.8, 4) is 0 Å². The monoisotopic (exact) mass is 224 g/mol. The van der Waals surface area contributed by atoms with Crippen molar-refractivity contribution in [1.82, 2.24) is 4.90 Å². The summed E-state index contributed by atoms with van der Waals surface area (Å²) >= 11 is 0. The summed E-state index contributed by atoms with van der Waals surface area (Å²) < 4.78 is 0. The summed E-state index contributed by atoms with van der Waals surface area (Å²) in [4.78, 5) is 2.71. The molecule has 1 saturated heterocycles. The molecule has 1 heterocycles. The van der Waals surface area contributed by atoms with Gasteiger partial charge >= 0.3 is 0 Å². The normalized spacial score (nSPS) is 30.8. The van der Waals surface area contributed by atoms with Crippen molar-refractivity contribution in [3.05, 3.63) is 0 Å². The maximum Gasteiger partial charge on any atom is 0.0283 e. The molecular weight excluding hydrogens is 196 g/mol. The lowest BCUT2D eigenvalue weighted by Crippen LogP contribution is -2.52. The fourth-order valence-corrected chi connectivity index (χ4v) is 3.57. The highest BCUT2D eigenvalue weighted by Gasteiger charge is 2.34. The number of nitrogens with zero attached hydrogens (tertiary/aromatic N) is 1. The predicted molar refractivity (Wildman–Crippen MR) is 69.5 cm³/mol. The van der Waals surface area contributed by atoms with Gasteiger partial charge in [-0.05, 0) is 38.6 Å². The Hall–Kier alpha value is -0.0800. The molecule has 2 heteroatoms. The maximum absolute atomic E-state index is 6.51. The third-order valence-corrected chi connectivity index (χ3v) is 4.49. The van der Waals surface area contributed by atoms with Gasteiger partial charge in [0.15, 0.2) is 0 Å². The number of hydrogen-bond acceptors (Lipinski definition) is 2. The molecule has 1 aliphatic heterocycles. The van der Waals surface area contributed by atoms with Crippen LogP contribution in [0.5, 0.6) is 0 Å². The molecule has 0 spiro atoms. The molecule has 2 nitrogen and oxygen atoms in total. The van der Waals surface area contributed by atoms with E-state index in [0.29, 0.717) is 0 Å². The minimum absolute atomic E-state index is 0.156. The van der Waals surface area contributed by atoms with E-state index in [4.69, 9.17) is 5.73 Å². The van der Waals surface area contributed by atoms with Gasteiger partial charge < -0.3 is 5.73 Å². The van der Waals surface area contributed by atoms with Gasteiger partial charge in [-0.3, -0.25) is 4.90 Å². The van der Waals surface area contributed by atoms with Crippen LogP contribution in [-0.4, -0.2) is 29.6 Å². The minimum atomic E-state index is 0.156. The third-order valence-electron chi connectivity index (χ3n) is 4.49. The van der Waals surface area contributed by atoms with E-state index >= 15 is 0 Å². The van der Waals surface area contributed by atoms with E-state index < -0.39 is 0 Å². The van der Waals surface area contributed by atoms with Crippen LogP contribution in [0.3, 0.4) is 0 Å². The van der Waals surface area contributed by atoms with Crippen molar-refractivity contribution < 1.29 is 0 Å². The van der Waals surface area contributed by atoms with Crippen molar-refractivity contribution >= 4 is 0 Å². The predicted octanol–water partition coefficient (Wildman–Crippen LogP) is 2.91. The molecule has 0 bridgehead atoms. The first-order chi connectivity index (χ1) is 7.73. The van der Waals surface area contributed by atoms with Gasteiger partial charge in [0.25, 0.3) is 0 Å². The molecule has 2 N–H and O–H groups in total. The summed E-state index contributed by atoms with van der Waals surface area (Å²) in [5.41, 5.74) is 6.66. The van der Waals surface area contributed by atoms with E-state index in [-0.39, 0.29) is 5.54 Å². The van der Waals surface area contributed by atoms with Crippen molar-refractivity contribution in [2.45, 2.75) is 76.3 Å². The van der Waals surface area contributed by atoms with Crippen molar-refractivity contribution in [1.29, 1.82) is 0 Å². The lowest BCUT2D eigenvalue weighted by molar-refractivity contribution is 0.108. The average molecular weight is 224 g/mol. The van der Waals surface area contributed by atoms with E-state index in [2.05, 4.69) is 11.8 Å². The highest BCUT2D eigenvalue weighted by molar-refractivity contribution is 4.94. The second-order valence-electron chi connectivity index (χ2n) is 5.98. The zero-order chi connectivity index (χ0) is 11.4. The van der Waals surface area contributed by atoms with Gasteiger partial charge in [-0.1, -0.05) is 32.6 Å². The molecule has 2 rings (SSSR count). The Labute approximate surface area is 101 Å². The zero-order valence-corrected chi connectivity index (χ0v) is 10.9. The van der Waals surface area contributed by atoms with Crippen LogP contribution in [0.2, 0.25) is 0 Å². The molecule has 0 aromatic carbocycles. The van der Waals surface area contributed by atoms with E-state index in [1.165, 1.54) is 64.3 Å². The van der Waals surface area contributed by atoms with Gasteiger partial charge in [0.2, 0.25) is 0 Å². The average Bonchev–Trinajstić information content (AvgIpc) is 2.68. The van der Waals surface area contributed by atoms with Gasteiger partial charge in [-0.15, -0.1) is 0 Å². The summed E-state index contributed by atoms with van der Waals surface area (Å²) in [5.74, 6) is 0. The SMILES string of the molecule is CCCC1CCCCN1CC1(N)CCCC1. The molecule has 0 aromatic heterocycles. The fraction of sp³-hybridized carbons (Fsp3) is 1.00. The Bertz CT molecular complexity index is 207. The van der Waals surface area contributed by atoms with Gasteiger partial charge in [0, 0.05) is 18.1 Å². The third kappa shape index (κ3) is 2.98. The highest BCUT2D eigenvalue weighted by Crippen LogP contribution is 2.30. The largest absolute Gasteiger partial charge is 0.324 e. The number of rotatable bonds is 4. The van der Waals surface area contributed by atoms with Crippen molar-refractivity contribution in [3.63, 3.8) is 0 Å². The van der Waals surface area contributed by atoms with Crippen LogP contribution in [0.4, 0.5) is 0 Å². The first-order valence-corrected chi connectivity index (χ1v) is 7.26. The first-order valence-electron chi connectivity index (χ1n) is 7.26. The number of piperidine rings is 1. The van der Waals surface area contributed by atoms with E-state index in [9.17, 15) is 0 Å². The molecular formula is C14H28N2. The number of likely N-dealkylation sites (tertiary alicyclic amines) is 1. The number of nitrogens with two attached hydrogens (primary N) is 1. The Balaban J connectivity index is 1.89. The van der Waals surface area contributed by atoms with Crippen molar-refractivity contribution in [2.75, 3.05) is 13.1 Å². The van der Waals surface area contributed by atoms with Crippen LogP contribution >= 0.6 is 0 Å². The first kappa shape index (κ1) is 12.4. The molecule has 1 unspecified atom stereocenters.